The standard InChI is InChI=1S/C23H18N2O/c26-23(15-18-9-3-1-4-10-18)24-25-17-21-14-8-7-13-20(21)16-22(25)19-11-5-2-6-12-19/h1-14,16-17H,15H2. The number of nitrogens with zero attached hydrogens (tertiary/aromatic N) is 2. The van der Waals surface area contributed by atoms with Crippen molar-refractivity contribution in [1.29, 1.82) is 0 Å². The second-order valence-electron chi connectivity index (χ2n) is 6.15. The van der Waals surface area contributed by atoms with Crippen LogP contribution in [0.2, 0.25) is 0 Å². The minimum Gasteiger partial charge on any atom is -0.857 e. The summed E-state index contributed by atoms with van der Waals surface area (Å²) in [6.07, 6.45) is 2.20. The molecule has 0 N–H and O–H groups in total. The van der Waals surface area contributed by atoms with Crippen LogP contribution in [0.15, 0.2) is 102 Å². The highest BCUT2D eigenvalue weighted by Gasteiger charge is 2.15. The predicted molar refractivity (Wildman–Crippen MR) is 103 cm³/mol. The molecule has 1 heterocycles. The van der Waals surface area contributed by atoms with Crippen LogP contribution in [0, 0.1) is 0 Å². The van der Waals surface area contributed by atoms with Crippen molar-refractivity contribution in [1.82, 2.24) is 0 Å². The third kappa shape index (κ3) is 3.47. The number of rotatable bonds is 4. The first kappa shape index (κ1) is 16.0. The molecule has 0 aliphatic rings. The number of hydrogen-bond donors (Lipinski definition) is 0. The van der Waals surface area contributed by atoms with E-state index in [0.29, 0.717) is 0 Å². The van der Waals surface area contributed by atoms with Crippen LogP contribution in [0.5, 0.6) is 0 Å². The van der Waals surface area contributed by atoms with Crippen molar-refractivity contribution < 1.29 is 9.78 Å². The van der Waals surface area contributed by atoms with Crippen molar-refractivity contribution in [3.63, 3.8) is 0 Å². The minimum atomic E-state index is -0.173. The largest absolute Gasteiger partial charge is 0.857 e. The lowest BCUT2D eigenvalue weighted by molar-refractivity contribution is -0.669. The van der Waals surface area contributed by atoms with Gasteiger partial charge in [-0.25, -0.2) is 0 Å². The van der Waals surface area contributed by atoms with E-state index in [1.54, 1.807) is 4.68 Å². The summed E-state index contributed by atoms with van der Waals surface area (Å²) >= 11 is 0. The molecule has 0 radical (unpaired) electrons. The van der Waals surface area contributed by atoms with Gasteiger partial charge >= 0.3 is 0 Å². The maximum absolute atomic E-state index is 12.5. The molecule has 26 heavy (non-hydrogen) atoms. The molecule has 3 heteroatoms. The van der Waals surface area contributed by atoms with Crippen molar-refractivity contribution >= 4 is 16.7 Å². The molecule has 4 aromatic rings. The van der Waals surface area contributed by atoms with E-state index in [-0.39, 0.29) is 12.3 Å². The molecule has 0 bridgehead atoms. The van der Waals surface area contributed by atoms with Crippen LogP contribution in [0.1, 0.15) is 5.56 Å². The second kappa shape index (κ2) is 7.19. The van der Waals surface area contributed by atoms with Crippen LogP contribution in [-0.4, -0.2) is 5.90 Å². The Morgan fingerprint density at radius 2 is 1.38 bits per heavy atom. The Morgan fingerprint density at radius 1 is 0.769 bits per heavy atom. The van der Waals surface area contributed by atoms with E-state index in [2.05, 4.69) is 17.2 Å². The Bertz CT molecular complexity index is 1060. The van der Waals surface area contributed by atoms with Crippen molar-refractivity contribution in [2.45, 2.75) is 6.42 Å². The monoisotopic (exact) mass is 338 g/mol. The van der Waals surface area contributed by atoms with Gasteiger partial charge in [0.15, 0.2) is 0 Å². The fourth-order valence-corrected chi connectivity index (χ4v) is 3.01. The molecule has 1 aromatic heterocycles. The lowest BCUT2D eigenvalue weighted by Crippen LogP contribution is -2.36. The highest BCUT2D eigenvalue weighted by molar-refractivity contribution is 5.83. The predicted octanol–water partition coefficient (Wildman–Crippen LogP) is 3.56. The maximum atomic E-state index is 12.5. The maximum Gasteiger partial charge on any atom is 0.245 e. The Balaban J connectivity index is 1.81. The van der Waals surface area contributed by atoms with Crippen molar-refractivity contribution in [2.24, 2.45) is 5.10 Å². The molecule has 4 rings (SSSR count). The van der Waals surface area contributed by atoms with Gasteiger partial charge in [0.2, 0.25) is 11.9 Å². The van der Waals surface area contributed by atoms with Gasteiger partial charge in [-0.05, 0) is 34.3 Å². The SMILES string of the molecule is [O-]/C(Cc1ccccc1)=N\[n+]1cc2ccccc2cc1-c1ccccc1. The van der Waals surface area contributed by atoms with Crippen molar-refractivity contribution in [2.75, 3.05) is 0 Å². The first-order valence-corrected chi connectivity index (χ1v) is 8.58. The van der Waals surface area contributed by atoms with Gasteiger partial charge in [-0.15, -0.1) is 0 Å². The van der Waals surface area contributed by atoms with Gasteiger partial charge in [0.1, 0.15) is 0 Å². The average molecular weight is 338 g/mol. The number of benzene rings is 3. The van der Waals surface area contributed by atoms with Crippen LogP contribution in [0.25, 0.3) is 22.0 Å². The molecular weight excluding hydrogens is 320 g/mol. The fourth-order valence-electron chi connectivity index (χ4n) is 3.01. The zero-order chi connectivity index (χ0) is 17.8. The highest BCUT2D eigenvalue weighted by Crippen LogP contribution is 2.20. The lowest BCUT2D eigenvalue weighted by atomic mass is 10.1. The summed E-state index contributed by atoms with van der Waals surface area (Å²) in [6, 6.07) is 29.9. The summed E-state index contributed by atoms with van der Waals surface area (Å²) in [4.78, 5) is 0. The third-order valence-electron chi connectivity index (χ3n) is 4.28. The van der Waals surface area contributed by atoms with Crippen LogP contribution in [0.3, 0.4) is 0 Å². The van der Waals surface area contributed by atoms with Gasteiger partial charge in [0.25, 0.3) is 0 Å². The number of pyridine rings is 1. The Morgan fingerprint density at radius 3 is 2.12 bits per heavy atom. The Kier molecular flexibility index (Phi) is 4.44. The van der Waals surface area contributed by atoms with E-state index in [4.69, 9.17) is 0 Å². The van der Waals surface area contributed by atoms with Gasteiger partial charge in [0, 0.05) is 29.3 Å². The first-order chi connectivity index (χ1) is 12.8. The number of aromatic nitrogens is 1. The molecule has 126 valence electrons. The van der Waals surface area contributed by atoms with Crippen LogP contribution in [-0.2, 0) is 6.42 Å². The molecule has 3 nitrogen and oxygen atoms in total. The Hall–Kier alpha value is -3.46. The molecule has 0 spiro atoms. The van der Waals surface area contributed by atoms with Gasteiger partial charge in [-0.1, -0.05) is 71.4 Å². The highest BCUT2D eigenvalue weighted by atomic mass is 16.3. The molecule has 0 amide bonds. The fraction of sp³-hybridized carbons (Fsp3) is 0.0435. The summed E-state index contributed by atoms with van der Waals surface area (Å²) in [5.74, 6) is -0.173. The van der Waals surface area contributed by atoms with E-state index in [1.807, 2.05) is 85.1 Å². The summed E-state index contributed by atoms with van der Waals surface area (Å²) < 4.78 is 1.70. The molecule has 0 atom stereocenters. The first-order valence-electron chi connectivity index (χ1n) is 8.58. The van der Waals surface area contributed by atoms with E-state index in [0.717, 1.165) is 27.6 Å². The topological polar surface area (TPSA) is 39.3 Å². The Labute approximate surface area is 152 Å². The molecule has 0 aliphatic heterocycles. The summed E-state index contributed by atoms with van der Waals surface area (Å²) in [6.45, 7) is 0. The average Bonchev–Trinajstić information content (AvgIpc) is 2.69. The zero-order valence-corrected chi connectivity index (χ0v) is 14.2. The molecule has 3 aromatic carbocycles. The molecule has 0 saturated carbocycles. The minimum absolute atomic E-state index is 0.173. The quantitative estimate of drug-likeness (QED) is 0.319. The third-order valence-corrected chi connectivity index (χ3v) is 4.28. The summed E-state index contributed by atoms with van der Waals surface area (Å²) in [5, 5.41) is 19.0. The van der Waals surface area contributed by atoms with E-state index in [1.165, 1.54) is 0 Å². The second-order valence-corrected chi connectivity index (χ2v) is 6.15. The van der Waals surface area contributed by atoms with Crippen LogP contribution in [0.4, 0.5) is 0 Å². The molecule has 0 fully saturated rings. The van der Waals surface area contributed by atoms with E-state index >= 15 is 0 Å². The van der Waals surface area contributed by atoms with E-state index < -0.39 is 0 Å². The molecule has 0 saturated heterocycles. The van der Waals surface area contributed by atoms with Gasteiger partial charge in [-0.2, -0.15) is 0 Å². The van der Waals surface area contributed by atoms with Gasteiger partial charge in [-0.3, -0.25) is 0 Å². The summed E-state index contributed by atoms with van der Waals surface area (Å²) in [7, 11) is 0. The normalized spacial score (nSPS) is 11.6. The summed E-state index contributed by atoms with van der Waals surface area (Å²) in [5.41, 5.74) is 2.88. The van der Waals surface area contributed by atoms with Crippen molar-refractivity contribution in [3.05, 3.63) is 103 Å². The van der Waals surface area contributed by atoms with Crippen molar-refractivity contribution in [3.8, 4) is 11.3 Å². The van der Waals surface area contributed by atoms with Crippen LogP contribution >= 0.6 is 0 Å². The van der Waals surface area contributed by atoms with Gasteiger partial charge in [0.05, 0.1) is 0 Å². The molecule has 0 unspecified atom stereocenters. The number of hydrogen-bond acceptors (Lipinski definition) is 2. The molecule has 0 aliphatic carbocycles. The lowest BCUT2D eigenvalue weighted by Gasteiger charge is -2.08. The smallest absolute Gasteiger partial charge is 0.245 e. The number of fused-ring (bicyclic) bond motifs is 1. The van der Waals surface area contributed by atoms with Gasteiger partial charge < -0.3 is 5.11 Å². The van der Waals surface area contributed by atoms with E-state index in [9.17, 15) is 5.11 Å². The zero-order valence-electron chi connectivity index (χ0n) is 14.2. The van der Waals surface area contributed by atoms with Crippen LogP contribution < -0.4 is 9.78 Å². The molecular formula is C23H18N2O.